The summed E-state index contributed by atoms with van der Waals surface area (Å²) in [5.41, 5.74) is -0.967. The van der Waals surface area contributed by atoms with Crippen molar-refractivity contribution in [1.29, 1.82) is 0 Å². The monoisotopic (exact) mass is 490 g/mol. The summed E-state index contributed by atoms with van der Waals surface area (Å²) in [6.07, 6.45) is 8.17. The van der Waals surface area contributed by atoms with Crippen LogP contribution in [0.5, 0.6) is 0 Å². The Morgan fingerprint density at radius 3 is 2.52 bits per heavy atom. The average molecular weight is 490 g/mol. The zero-order valence-electron chi connectivity index (χ0n) is 17.3. The second kappa shape index (κ2) is 8.17. The van der Waals surface area contributed by atoms with Crippen LogP contribution >= 0.6 is 22.6 Å². The predicted molar refractivity (Wildman–Crippen MR) is 115 cm³/mol. The standard InChI is InChI=1S/C21H35IN2O3/c1-5-15(2)17-14-27-20(3,4)24(17)19(26)23-16(13-22)9-12-21(18(23)25)10-7-6-8-11-21/h15-17H,5-14H2,1-4H3/t15?,16-,17-/m1/s1. The first-order valence-corrected chi connectivity index (χ1v) is 12.2. The first kappa shape index (κ1) is 21.3. The van der Waals surface area contributed by atoms with Crippen molar-refractivity contribution in [2.24, 2.45) is 11.3 Å². The fourth-order valence-corrected chi connectivity index (χ4v) is 6.03. The molecule has 1 saturated carbocycles. The van der Waals surface area contributed by atoms with Crippen LogP contribution < -0.4 is 0 Å². The van der Waals surface area contributed by atoms with Gasteiger partial charge in [0.2, 0.25) is 5.91 Å². The van der Waals surface area contributed by atoms with E-state index in [0.29, 0.717) is 12.5 Å². The van der Waals surface area contributed by atoms with Crippen LogP contribution in [0.2, 0.25) is 0 Å². The van der Waals surface area contributed by atoms with Gasteiger partial charge in [0.25, 0.3) is 0 Å². The molecule has 2 heterocycles. The van der Waals surface area contributed by atoms with E-state index in [-0.39, 0.29) is 29.4 Å². The van der Waals surface area contributed by atoms with Crippen LogP contribution in [0.1, 0.15) is 79.1 Å². The smallest absolute Gasteiger partial charge is 0.329 e. The lowest BCUT2D eigenvalue weighted by Crippen LogP contribution is -2.63. The Kier molecular flexibility index (Phi) is 6.46. The summed E-state index contributed by atoms with van der Waals surface area (Å²) in [5.74, 6) is 0.433. The molecule has 1 unspecified atom stereocenters. The van der Waals surface area contributed by atoms with Crippen LogP contribution in [-0.2, 0) is 9.53 Å². The lowest BCUT2D eigenvalue weighted by molar-refractivity contribution is -0.149. The van der Waals surface area contributed by atoms with E-state index in [1.165, 1.54) is 6.42 Å². The number of ether oxygens (including phenoxy) is 1. The maximum atomic E-state index is 13.8. The molecule has 0 aromatic carbocycles. The number of amides is 3. The lowest BCUT2D eigenvalue weighted by Gasteiger charge is -2.49. The number of imide groups is 1. The van der Waals surface area contributed by atoms with Crippen molar-refractivity contribution in [2.45, 2.75) is 96.9 Å². The molecule has 0 N–H and O–H groups in total. The predicted octanol–water partition coefficient (Wildman–Crippen LogP) is 4.97. The highest BCUT2D eigenvalue weighted by atomic mass is 127. The van der Waals surface area contributed by atoms with Crippen molar-refractivity contribution >= 4 is 34.5 Å². The number of rotatable bonds is 3. The quantitative estimate of drug-likeness (QED) is 0.415. The lowest BCUT2D eigenvalue weighted by atomic mass is 9.67. The van der Waals surface area contributed by atoms with Gasteiger partial charge in [-0.15, -0.1) is 0 Å². The van der Waals surface area contributed by atoms with Crippen molar-refractivity contribution in [3.05, 3.63) is 0 Å². The summed E-state index contributed by atoms with van der Waals surface area (Å²) in [6.45, 7) is 8.78. The Labute approximate surface area is 177 Å². The highest BCUT2D eigenvalue weighted by Crippen LogP contribution is 2.47. The minimum absolute atomic E-state index is 0.00661. The van der Waals surface area contributed by atoms with E-state index in [0.717, 1.165) is 49.4 Å². The van der Waals surface area contributed by atoms with Gasteiger partial charge in [-0.05, 0) is 45.4 Å². The van der Waals surface area contributed by atoms with Crippen LogP contribution in [0.3, 0.4) is 0 Å². The number of urea groups is 1. The number of hydrogen-bond donors (Lipinski definition) is 0. The number of halogens is 1. The van der Waals surface area contributed by atoms with E-state index in [4.69, 9.17) is 4.74 Å². The Balaban J connectivity index is 1.92. The Morgan fingerprint density at radius 1 is 1.26 bits per heavy atom. The molecule has 0 bridgehead atoms. The highest BCUT2D eigenvalue weighted by molar-refractivity contribution is 14.1. The maximum absolute atomic E-state index is 13.8. The number of hydrogen-bond acceptors (Lipinski definition) is 3. The molecule has 5 nitrogen and oxygen atoms in total. The fourth-order valence-electron chi connectivity index (χ4n) is 5.19. The summed E-state index contributed by atoms with van der Waals surface area (Å²) in [7, 11) is 0. The Morgan fingerprint density at radius 2 is 1.93 bits per heavy atom. The minimum Gasteiger partial charge on any atom is -0.354 e. The molecule has 27 heavy (non-hydrogen) atoms. The van der Waals surface area contributed by atoms with Crippen molar-refractivity contribution in [3.8, 4) is 0 Å². The summed E-state index contributed by atoms with van der Waals surface area (Å²) < 4.78 is 6.81. The van der Waals surface area contributed by atoms with Crippen LogP contribution in [0.15, 0.2) is 0 Å². The molecule has 3 rings (SSSR count). The van der Waals surface area contributed by atoms with E-state index in [1.807, 2.05) is 18.7 Å². The van der Waals surface area contributed by atoms with Crippen LogP contribution in [0, 0.1) is 11.3 Å². The number of piperidine rings is 1. The summed E-state index contributed by atoms with van der Waals surface area (Å²) in [5, 5.41) is 0. The van der Waals surface area contributed by atoms with Crippen molar-refractivity contribution < 1.29 is 14.3 Å². The fraction of sp³-hybridized carbons (Fsp3) is 0.905. The van der Waals surface area contributed by atoms with E-state index in [2.05, 4.69) is 36.4 Å². The third kappa shape index (κ3) is 3.77. The van der Waals surface area contributed by atoms with Gasteiger partial charge >= 0.3 is 6.03 Å². The summed E-state index contributed by atoms with van der Waals surface area (Å²) in [4.78, 5) is 31.0. The molecule has 3 amide bonds. The molecule has 2 saturated heterocycles. The zero-order valence-corrected chi connectivity index (χ0v) is 19.5. The third-order valence-electron chi connectivity index (χ3n) is 7.21. The van der Waals surface area contributed by atoms with Crippen LogP contribution in [-0.4, -0.2) is 50.6 Å². The average Bonchev–Trinajstić information content (AvgIpc) is 2.98. The molecule has 0 aromatic heterocycles. The summed E-state index contributed by atoms with van der Waals surface area (Å²) in [6, 6.07) is -0.0874. The maximum Gasteiger partial charge on any atom is 0.329 e. The van der Waals surface area contributed by atoms with Gasteiger partial charge in [-0.2, -0.15) is 0 Å². The van der Waals surface area contributed by atoms with Gasteiger partial charge in [0.1, 0.15) is 5.72 Å². The van der Waals surface area contributed by atoms with E-state index in [1.54, 1.807) is 4.90 Å². The van der Waals surface area contributed by atoms with Crippen molar-refractivity contribution in [1.82, 2.24) is 9.80 Å². The van der Waals surface area contributed by atoms with E-state index >= 15 is 0 Å². The molecule has 0 aromatic rings. The van der Waals surface area contributed by atoms with E-state index in [9.17, 15) is 9.59 Å². The first-order valence-electron chi connectivity index (χ1n) is 10.6. The first-order chi connectivity index (χ1) is 12.8. The normalized spacial score (nSPS) is 31.4. The second-order valence-corrected chi connectivity index (χ2v) is 10.1. The molecule has 6 heteroatoms. The van der Waals surface area contributed by atoms with Crippen molar-refractivity contribution in [2.75, 3.05) is 11.0 Å². The van der Waals surface area contributed by atoms with Gasteiger partial charge in [0.15, 0.2) is 0 Å². The minimum atomic E-state index is -0.668. The van der Waals surface area contributed by atoms with Gasteiger partial charge in [-0.1, -0.05) is 62.1 Å². The van der Waals surface area contributed by atoms with E-state index < -0.39 is 5.72 Å². The van der Waals surface area contributed by atoms with Gasteiger partial charge in [-0.25, -0.2) is 4.79 Å². The zero-order chi connectivity index (χ0) is 19.8. The van der Waals surface area contributed by atoms with Crippen molar-refractivity contribution in [3.63, 3.8) is 0 Å². The number of likely N-dealkylation sites (tertiary alicyclic amines) is 1. The molecule has 3 fully saturated rings. The number of carbonyl (C=O) groups is 2. The SMILES string of the molecule is CCC(C)[C@H]1COC(C)(C)N1C(=O)N1C(=O)C2(CCCCC2)CC[C@@H]1CI. The second-order valence-electron chi connectivity index (χ2n) is 9.23. The Hall–Kier alpha value is -0.370. The topological polar surface area (TPSA) is 49.9 Å². The van der Waals surface area contributed by atoms with Gasteiger partial charge in [-0.3, -0.25) is 14.6 Å². The molecule has 1 aliphatic carbocycles. The summed E-state index contributed by atoms with van der Waals surface area (Å²) >= 11 is 2.33. The number of alkyl halides is 1. The van der Waals surface area contributed by atoms with Crippen LogP contribution in [0.25, 0.3) is 0 Å². The molecular weight excluding hydrogens is 455 g/mol. The number of carbonyl (C=O) groups excluding carboxylic acids is 2. The molecule has 154 valence electrons. The van der Waals surface area contributed by atoms with Gasteiger partial charge in [0, 0.05) is 9.84 Å². The number of nitrogens with zero attached hydrogens (tertiary/aromatic N) is 2. The largest absolute Gasteiger partial charge is 0.354 e. The van der Waals surface area contributed by atoms with Gasteiger partial charge < -0.3 is 4.74 Å². The van der Waals surface area contributed by atoms with Crippen LogP contribution in [0.4, 0.5) is 4.79 Å². The molecule has 3 aliphatic rings. The molecule has 3 atom stereocenters. The van der Waals surface area contributed by atoms with Gasteiger partial charge in [0.05, 0.1) is 18.7 Å². The highest BCUT2D eigenvalue weighted by Gasteiger charge is 2.54. The third-order valence-corrected chi connectivity index (χ3v) is 8.23. The molecule has 0 radical (unpaired) electrons. The Bertz CT molecular complexity index is 574. The molecular formula is C21H35IN2O3. The molecule has 2 aliphatic heterocycles. The molecule has 1 spiro atoms.